The smallest absolute Gasteiger partial charge is 0.137 e. The molecule has 1 aromatic rings. The second-order valence-corrected chi connectivity index (χ2v) is 3.67. The van der Waals surface area contributed by atoms with E-state index >= 15 is 0 Å². The molecule has 0 aliphatic heterocycles. The first-order valence-electron chi connectivity index (χ1n) is 4.30. The molecule has 1 aromatic carbocycles. The van der Waals surface area contributed by atoms with E-state index in [0.29, 0.717) is 10.9 Å². The van der Waals surface area contributed by atoms with Crippen molar-refractivity contribution in [3.63, 3.8) is 0 Å². The average Bonchev–Trinajstić information content (AvgIpc) is 2.18. The molecule has 14 heavy (non-hydrogen) atoms. The zero-order valence-electron chi connectivity index (χ0n) is 7.56. The van der Waals surface area contributed by atoms with Crippen LogP contribution < -0.4 is 5.32 Å². The van der Waals surface area contributed by atoms with E-state index in [2.05, 4.69) is 27.3 Å². The minimum absolute atomic E-state index is 0.271. The van der Waals surface area contributed by atoms with Gasteiger partial charge in [0, 0.05) is 18.7 Å². The molecular formula is C10H10BrFN2. The molecule has 74 valence electrons. The van der Waals surface area contributed by atoms with E-state index in [4.69, 9.17) is 5.26 Å². The SMILES string of the molecule is N#CCCCNc1ccc(F)c(Br)c1. The highest BCUT2D eigenvalue weighted by atomic mass is 79.9. The Balaban J connectivity index is 2.44. The van der Waals surface area contributed by atoms with Crippen LogP contribution in [0.25, 0.3) is 0 Å². The summed E-state index contributed by atoms with van der Waals surface area (Å²) in [6, 6.07) is 6.82. The van der Waals surface area contributed by atoms with Gasteiger partial charge in [0.1, 0.15) is 5.82 Å². The first-order chi connectivity index (χ1) is 6.74. The van der Waals surface area contributed by atoms with E-state index in [9.17, 15) is 4.39 Å². The van der Waals surface area contributed by atoms with Crippen molar-refractivity contribution in [1.82, 2.24) is 0 Å². The van der Waals surface area contributed by atoms with Crippen LogP contribution in [0.3, 0.4) is 0 Å². The summed E-state index contributed by atoms with van der Waals surface area (Å²) in [5.74, 6) is -0.271. The van der Waals surface area contributed by atoms with Crippen molar-refractivity contribution in [2.75, 3.05) is 11.9 Å². The Labute approximate surface area is 90.9 Å². The first kappa shape index (κ1) is 11.0. The number of nitrogens with one attached hydrogen (secondary N) is 1. The lowest BCUT2D eigenvalue weighted by atomic mass is 10.3. The monoisotopic (exact) mass is 256 g/mol. The van der Waals surface area contributed by atoms with Crippen molar-refractivity contribution >= 4 is 21.6 Å². The van der Waals surface area contributed by atoms with Crippen LogP contribution in [0.4, 0.5) is 10.1 Å². The van der Waals surface area contributed by atoms with Crippen molar-refractivity contribution in [2.45, 2.75) is 12.8 Å². The maximum absolute atomic E-state index is 12.8. The molecule has 1 rings (SSSR count). The van der Waals surface area contributed by atoms with E-state index < -0.39 is 0 Å². The Morgan fingerprint density at radius 3 is 2.93 bits per heavy atom. The van der Waals surface area contributed by atoms with Crippen LogP contribution >= 0.6 is 15.9 Å². The fraction of sp³-hybridized carbons (Fsp3) is 0.300. The summed E-state index contributed by atoms with van der Waals surface area (Å²) in [7, 11) is 0. The number of hydrogen-bond donors (Lipinski definition) is 1. The Morgan fingerprint density at radius 1 is 1.50 bits per heavy atom. The van der Waals surface area contributed by atoms with Crippen molar-refractivity contribution in [2.24, 2.45) is 0 Å². The number of unbranched alkanes of at least 4 members (excludes halogenated alkanes) is 1. The number of hydrogen-bond acceptors (Lipinski definition) is 2. The molecule has 0 bridgehead atoms. The van der Waals surface area contributed by atoms with E-state index in [1.165, 1.54) is 6.07 Å². The predicted octanol–water partition coefficient (Wildman–Crippen LogP) is 3.30. The lowest BCUT2D eigenvalue weighted by molar-refractivity contribution is 0.621. The molecule has 2 nitrogen and oxygen atoms in total. The van der Waals surface area contributed by atoms with Crippen LogP contribution in [0.1, 0.15) is 12.8 Å². The Morgan fingerprint density at radius 2 is 2.29 bits per heavy atom. The molecule has 0 saturated carbocycles. The predicted molar refractivity (Wildman–Crippen MR) is 57.4 cm³/mol. The van der Waals surface area contributed by atoms with Gasteiger partial charge in [0.05, 0.1) is 10.5 Å². The number of benzene rings is 1. The summed E-state index contributed by atoms with van der Waals surface area (Å²) in [4.78, 5) is 0. The Kier molecular flexibility index (Phi) is 4.41. The summed E-state index contributed by atoms with van der Waals surface area (Å²) in [5, 5.41) is 11.4. The molecule has 1 N–H and O–H groups in total. The van der Waals surface area contributed by atoms with E-state index in [1.807, 2.05) is 0 Å². The maximum Gasteiger partial charge on any atom is 0.137 e. The molecule has 0 amide bonds. The number of nitriles is 1. The van der Waals surface area contributed by atoms with Gasteiger partial charge in [-0.2, -0.15) is 5.26 Å². The molecule has 0 aliphatic carbocycles. The van der Waals surface area contributed by atoms with Crippen molar-refractivity contribution in [3.05, 3.63) is 28.5 Å². The third kappa shape index (κ3) is 3.35. The summed E-state index contributed by atoms with van der Waals surface area (Å²) in [6.45, 7) is 0.728. The highest BCUT2D eigenvalue weighted by Crippen LogP contribution is 2.19. The standard InChI is InChI=1S/C10H10BrFN2/c11-9-7-8(3-4-10(9)12)14-6-2-1-5-13/h3-4,7,14H,1-2,6H2. The minimum atomic E-state index is -0.271. The van der Waals surface area contributed by atoms with Gasteiger partial charge in [-0.1, -0.05) is 0 Å². The van der Waals surface area contributed by atoms with Gasteiger partial charge in [0.25, 0.3) is 0 Å². The minimum Gasteiger partial charge on any atom is -0.385 e. The highest BCUT2D eigenvalue weighted by Gasteiger charge is 1.99. The second kappa shape index (κ2) is 5.61. The zero-order chi connectivity index (χ0) is 10.4. The number of anilines is 1. The van der Waals surface area contributed by atoms with Gasteiger partial charge >= 0.3 is 0 Å². The molecule has 0 fully saturated rings. The Bertz CT molecular complexity index is 346. The van der Waals surface area contributed by atoms with Gasteiger partial charge < -0.3 is 5.32 Å². The third-order valence-corrected chi connectivity index (χ3v) is 2.32. The lowest BCUT2D eigenvalue weighted by Gasteiger charge is -2.05. The summed E-state index contributed by atoms with van der Waals surface area (Å²) < 4.78 is 13.3. The summed E-state index contributed by atoms with van der Waals surface area (Å²) >= 11 is 3.10. The first-order valence-corrected chi connectivity index (χ1v) is 5.09. The van der Waals surface area contributed by atoms with Crippen LogP contribution in [0, 0.1) is 17.1 Å². The van der Waals surface area contributed by atoms with Crippen LogP contribution in [-0.2, 0) is 0 Å². The number of rotatable bonds is 4. The normalized spacial score (nSPS) is 9.50. The Hall–Kier alpha value is -1.08. The summed E-state index contributed by atoms with van der Waals surface area (Å²) in [5.41, 5.74) is 0.858. The van der Waals surface area contributed by atoms with Crippen LogP contribution in [-0.4, -0.2) is 6.54 Å². The molecule has 4 heteroatoms. The molecule has 0 saturated heterocycles. The van der Waals surface area contributed by atoms with Crippen molar-refractivity contribution in [1.29, 1.82) is 5.26 Å². The van der Waals surface area contributed by atoms with E-state index in [-0.39, 0.29) is 5.82 Å². The molecular weight excluding hydrogens is 247 g/mol. The molecule has 0 spiro atoms. The zero-order valence-corrected chi connectivity index (χ0v) is 9.14. The molecule has 0 heterocycles. The van der Waals surface area contributed by atoms with E-state index in [0.717, 1.165) is 18.7 Å². The average molecular weight is 257 g/mol. The maximum atomic E-state index is 12.8. The topological polar surface area (TPSA) is 35.8 Å². The highest BCUT2D eigenvalue weighted by molar-refractivity contribution is 9.10. The fourth-order valence-electron chi connectivity index (χ4n) is 1.01. The van der Waals surface area contributed by atoms with Crippen LogP contribution in [0.2, 0.25) is 0 Å². The number of nitrogens with zero attached hydrogens (tertiary/aromatic N) is 1. The summed E-state index contributed by atoms with van der Waals surface area (Å²) in [6.07, 6.45) is 1.33. The van der Waals surface area contributed by atoms with Gasteiger partial charge in [-0.25, -0.2) is 4.39 Å². The third-order valence-electron chi connectivity index (χ3n) is 1.71. The molecule has 0 aliphatic rings. The van der Waals surface area contributed by atoms with Gasteiger partial charge in [-0.3, -0.25) is 0 Å². The largest absolute Gasteiger partial charge is 0.385 e. The quantitative estimate of drug-likeness (QED) is 0.840. The van der Waals surface area contributed by atoms with Crippen molar-refractivity contribution in [3.8, 4) is 6.07 Å². The fourth-order valence-corrected chi connectivity index (χ4v) is 1.39. The van der Waals surface area contributed by atoms with Gasteiger partial charge in [-0.15, -0.1) is 0 Å². The molecule has 0 atom stereocenters. The second-order valence-electron chi connectivity index (χ2n) is 2.82. The van der Waals surface area contributed by atoms with Gasteiger partial charge in [0.2, 0.25) is 0 Å². The van der Waals surface area contributed by atoms with Crippen molar-refractivity contribution < 1.29 is 4.39 Å². The van der Waals surface area contributed by atoms with Gasteiger partial charge in [-0.05, 0) is 40.5 Å². The lowest BCUT2D eigenvalue weighted by Crippen LogP contribution is -2.00. The van der Waals surface area contributed by atoms with Gasteiger partial charge in [0.15, 0.2) is 0 Å². The molecule has 0 aromatic heterocycles. The number of halogens is 2. The molecule has 0 radical (unpaired) electrons. The van der Waals surface area contributed by atoms with E-state index in [1.54, 1.807) is 12.1 Å². The molecule has 0 unspecified atom stereocenters. The van der Waals surface area contributed by atoms with Crippen LogP contribution in [0.5, 0.6) is 0 Å². The van der Waals surface area contributed by atoms with Crippen LogP contribution in [0.15, 0.2) is 22.7 Å².